The number of hydrogen-bond donors (Lipinski definition) is 1. The van der Waals surface area contributed by atoms with E-state index < -0.39 is 0 Å². The molecule has 0 fully saturated rings. The Morgan fingerprint density at radius 1 is 0.278 bits per heavy atom. The first-order chi connectivity index (χ1) is 17.9. The van der Waals surface area contributed by atoms with Crippen LogP contribution >= 0.6 is 0 Å². The van der Waals surface area contributed by atoms with E-state index in [0.717, 1.165) is 0 Å². The summed E-state index contributed by atoms with van der Waals surface area (Å²) >= 11 is 0. The maximum absolute atomic E-state index is 5.45. The smallest absolute Gasteiger partial charge is 0.0701 e. The predicted octanol–water partition coefficient (Wildman–Crippen LogP) is 0.148. The molecule has 0 saturated heterocycles. The molecule has 0 aliphatic carbocycles. The Morgan fingerprint density at radius 3 is 0.611 bits per heavy atom. The van der Waals surface area contributed by atoms with Crippen LogP contribution in [0.1, 0.15) is 6.92 Å². The van der Waals surface area contributed by atoms with Crippen LogP contribution in [-0.2, 0) is 52.1 Å². The molecule has 218 valence electrons. The molecule has 0 aromatic carbocycles. The van der Waals surface area contributed by atoms with E-state index in [1.54, 1.807) is 0 Å². The van der Waals surface area contributed by atoms with Gasteiger partial charge in [0.1, 0.15) is 0 Å². The fourth-order valence-electron chi connectivity index (χ4n) is 2.43. The van der Waals surface area contributed by atoms with Crippen molar-refractivity contribution in [2.75, 3.05) is 152 Å². The number of ether oxygens (including phenoxy) is 11. The van der Waals surface area contributed by atoms with Crippen LogP contribution in [0.25, 0.3) is 0 Å². The summed E-state index contributed by atoms with van der Waals surface area (Å²) in [5, 5.41) is 0. The molecule has 0 aliphatic rings. The number of nitrogens with two attached hydrogens (primary N) is 1. The van der Waals surface area contributed by atoms with Crippen molar-refractivity contribution in [2.45, 2.75) is 6.92 Å². The third-order valence-corrected chi connectivity index (χ3v) is 4.19. The molecule has 0 amide bonds. The molecule has 36 heavy (non-hydrogen) atoms. The molecule has 0 radical (unpaired) electrons. The summed E-state index contributed by atoms with van der Waals surface area (Å²) < 4.78 is 59.1. The molecule has 12 heteroatoms. The van der Waals surface area contributed by atoms with Gasteiger partial charge in [0, 0.05) is 13.2 Å². The highest BCUT2D eigenvalue weighted by molar-refractivity contribution is 4.39. The highest BCUT2D eigenvalue weighted by atomic mass is 16.6. The van der Waals surface area contributed by atoms with Crippen LogP contribution < -0.4 is 5.73 Å². The molecule has 0 aromatic rings. The van der Waals surface area contributed by atoms with Crippen LogP contribution in [-0.4, -0.2) is 152 Å². The largest absolute Gasteiger partial charge is 0.379 e. The molecule has 0 unspecified atom stereocenters. The van der Waals surface area contributed by atoms with Gasteiger partial charge in [-0.05, 0) is 6.92 Å². The van der Waals surface area contributed by atoms with Crippen LogP contribution in [0.3, 0.4) is 0 Å². The summed E-state index contributed by atoms with van der Waals surface area (Å²) in [4.78, 5) is 0. The first-order valence-electron chi connectivity index (χ1n) is 13.0. The van der Waals surface area contributed by atoms with Crippen molar-refractivity contribution < 1.29 is 52.1 Å². The lowest BCUT2D eigenvalue weighted by Gasteiger charge is -2.09. The second-order valence-electron chi connectivity index (χ2n) is 7.11. The molecule has 0 heterocycles. The van der Waals surface area contributed by atoms with Gasteiger partial charge in [0.2, 0.25) is 0 Å². The van der Waals surface area contributed by atoms with Gasteiger partial charge >= 0.3 is 0 Å². The Hall–Kier alpha value is -0.480. The minimum atomic E-state index is 0.521. The lowest BCUT2D eigenvalue weighted by molar-refractivity contribution is -0.0273. The van der Waals surface area contributed by atoms with Gasteiger partial charge in [-0.15, -0.1) is 0 Å². The highest BCUT2D eigenvalue weighted by Crippen LogP contribution is 1.86. The van der Waals surface area contributed by atoms with Gasteiger partial charge in [-0.25, -0.2) is 0 Å². The normalized spacial score (nSPS) is 11.5. The van der Waals surface area contributed by atoms with Gasteiger partial charge in [0.25, 0.3) is 0 Å². The Labute approximate surface area is 217 Å². The van der Waals surface area contributed by atoms with Crippen LogP contribution in [0.4, 0.5) is 0 Å². The monoisotopic (exact) mass is 529 g/mol. The average molecular weight is 530 g/mol. The van der Waals surface area contributed by atoms with Gasteiger partial charge in [-0.1, -0.05) is 0 Å². The van der Waals surface area contributed by atoms with Crippen molar-refractivity contribution in [3.05, 3.63) is 0 Å². The molecule has 0 aromatic heterocycles. The molecule has 0 bridgehead atoms. The van der Waals surface area contributed by atoms with Gasteiger partial charge in [-0.3, -0.25) is 0 Å². The third-order valence-electron chi connectivity index (χ3n) is 4.19. The van der Waals surface area contributed by atoms with Crippen molar-refractivity contribution in [2.24, 2.45) is 5.73 Å². The topological polar surface area (TPSA) is 128 Å². The van der Waals surface area contributed by atoms with Crippen LogP contribution in [0, 0.1) is 0 Å². The molecule has 0 aliphatic heterocycles. The second-order valence-corrected chi connectivity index (χ2v) is 7.11. The van der Waals surface area contributed by atoms with E-state index in [0.29, 0.717) is 152 Å². The maximum Gasteiger partial charge on any atom is 0.0701 e. The van der Waals surface area contributed by atoms with E-state index in [-0.39, 0.29) is 0 Å². The van der Waals surface area contributed by atoms with Gasteiger partial charge < -0.3 is 57.8 Å². The quantitative estimate of drug-likeness (QED) is 0.116. The molecule has 0 atom stereocenters. The first kappa shape index (κ1) is 35.5. The van der Waals surface area contributed by atoms with E-state index in [2.05, 4.69) is 0 Å². The van der Waals surface area contributed by atoms with Gasteiger partial charge in [0.15, 0.2) is 0 Å². The fraction of sp³-hybridized carbons (Fsp3) is 1.00. The van der Waals surface area contributed by atoms with Gasteiger partial charge in [-0.2, -0.15) is 0 Å². The summed E-state index contributed by atoms with van der Waals surface area (Å²) in [5.74, 6) is 0. The molecule has 0 saturated carbocycles. The molecular formula is C24H51NO11. The summed E-state index contributed by atoms with van der Waals surface area (Å²) in [6.07, 6.45) is 0. The lowest BCUT2D eigenvalue weighted by atomic mass is 10.6. The van der Waals surface area contributed by atoms with E-state index in [9.17, 15) is 0 Å². The van der Waals surface area contributed by atoms with Crippen molar-refractivity contribution in [1.82, 2.24) is 0 Å². The molecule has 12 nitrogen and oxygen atoms in total. The Morgan fingerprint density at radius 2 is 0.444 bits per heavy atom. The zero-order valence-corrected chi connectivity index (χ0v) is 22.3. The Kier molecular flexibility index (Phi) is 34.1. The first-order valence-corrected chi connectivity index (χ1v) is 13.0. The predicted molar refractivity (Wildman–Crippen MR) is 134 cm³/mol. The molecular weight excluding hydrogens is 478 g/mol. The standard InChI is InChI=1S/C24H51NO11/c1-2-26-5-6-28-9-10-30-13-14-32-17-18-34-21-22-36-24-23-35-20-19-33-16-15-31-12-11-29-8-7-27-4-3-25/h2-25H2,1H3. The summed E-state index contributed by atoms with van der Waals surface area (Å²) in [6, 6.07) is 0. The Bertz CT molecular complexity index is 350. The fourth-order valence-corrected chi connectivity index (χ4v) is 2.43. The zero-order valence-electron chi connectivity index (χ0n) is 22.3. The maximum atomic E-state index is 5.45. The van der Waals surface area contributed by atoms with E-state index in [1.165, 1.54) is 0 Å². The van der Waals surface area contributed by atoms with Crippen LogP contribution in [0.2, 0.25) is 0 Å². The summed E-state index contributed by atoms with van der Waals surface area (Å²) in [6.45, 7) is 14.6. The summed E-state index contributed by atoms with van der Waals surface area (Å²) in [5.41, 5.74) is 5.32. The minimum Gasteiger partial charge on any atom is -0.379 e. The summed E-state index contributed by atoms with van der Waals surface area (Å²) in [7, 11) is 0. The minimum absolute atomic E-state index is 0.521. The zero-order chi connectivity index (χ0) is 26.0. The van der Waals surface area contributed by atoms with Crippen molar-refractivity contribution in [1.29, 1.82) is 0 Å². The SMILES string of the molecule is CCOCCOCCOCCOCCOCCOCCOCCOCCOCCOCCOCCN. The van der Waals surface area contributed by atoms with Crippen molar-refractivity contribution in [3.8, 4) is 0 Å². The van der Waals surface area contributed by atoms with Crippen molar-refractivity contribution in [3.63, 3.8) is 0 Å². The van der Waals surface area contributed by atoms with E-state index in [1.807, 2.05) is 6.92 Å². The highest BCUT2D eigenvalue weighted by Gasteiger charge is 1.96. The molecule has 0 spiro atoms. The van der Waals surface area contributed by atoms with Crippen LogP contribution in [0.5, 0.6) is 0 Å². The van der Waals surface area contributed by atoms with E-state index >= 15 is 0 Å². The lowest BCUT2D eigenvalue weighted by Crippen LogP contribution is -2.15. The van der Waals surface area contributed by atoms with E-state index in [4.69, 9.17) is 57.8 Å². The number of hydrogen-bond acceptors (Lipinski definition) is 12. The average Bonchev–Trinajstić information content (AvgIpc) is 2.89. The third kappa shape index (κ3) is 33.5. The van der Waals surface area contributed by atoms with Crippen molar-refractivity contribution >= 4 is 0 Å². The number of rotatable bonds is 33. The molecule has 0 rings (SSSR count). The molecule has 2 N–H and O–H groups in total. The Balaban J connectivity index is 3.00. The van der Waals surface area contributed by atoms with Crippen LogP contribution in [0.15, 0.2) is 0 Å². The second kappa shape index (κ2) is 34.5. The van der Waals surface area contributed by atoms with Gasteiger partial charge in [0.05, 0.1) is 139 Å².